The lowest BCUT2D eigenvalue weighted by Gasteiger charge is -2.26. The summed E-state index contributed by atoms with van der Waals surface area (Å²) in [4.78, 5) is 9.19. The zero-order chi connectivity index (χ0) is 45.2. The molecule has 0 aliphatic heterocycles. The van der Waals surface area contributed by atoms with Gasteiger partial charge in [0.15, 0.2) is 0 Å². The zero-order valence-corrected chi connectivity index (χ0v) is 38.3. The lowest BCUT2D eigenvalue weighted by molar-refractivity contribution is 0.281. The lowest BCUT2D eigenvalue weighted by atomic mass is 10.1. The fourth-order valence-electron chi connectivity index (χ4n) is 7.68. The predicted octanol–water partition coefficient (Wildman–Crippen LogP) is 15.4. The Morgan fingerprint density at radius 2 is 0.667 bits per heavy atom. The van der Waals surface area contributed by atoms with E-state index in [2.05, 4.69) is 155 Å². The highest BCUT2D eigenvalue weighted by molar-refractivity contribution is 7.16. The van der Waals surface area contributed by atoms with Gasteiger partial charge in [-0.1, -0.05) is 84.9 Å². The number of hydrogen-bond acceptors (Lipinski definition) is 8. The van der Waals surface area contributed by atoms with Crippen LogP contribution in [-0.4, -0.2) is 24.4 Å². The molecule has 0 bridgehead atoms. The Kier molecular flexibility index (Phi) is 13.7. The molecule has 0 saturated heterocycles. The second-order valence-corrected chi connectivity index (χ2v) is 17.8. The highest BCUT2D eigenvalue weighted by Gasteiger charge is 2.15. The van der Waals surface area contributed by atoms with E-state index in [1.54, 1.807) is 36.9 Å². The monoisotopic (exact) mass is 900 g/mol. The molecule has 0 unspecified atom stereocenters. The minimum Gasteiger partial charge on any atom is -0.497 e. The average Bonchev–Trinajstić information content (AvgIpc) is 4.08. The Bertz CT molecular complexity index is 2720. The number of methoxy groups -OCH3 is 2. The number of rotatable bonds is 16. The molecule has 0 aliphatic rings. The molecule has 2 N–H and O–H groups in total. The minimum absolute atomic E-state index is 0.0000755. The topological polar surface area (TPSA) is 65.4 Å². The molecule has 326 valence electrons. The van der Waals surface area contributed by atoms with Crippen LogP contribution < -0.4 is 19.3 Å². The van der Waals surface area contributed by atoms with E-state index in [1.807, 2.05) is 72.8 Å². The maximum absolute atomic E-state index is 9.60. The van der Waals surface area contributed by atoms with Gasteiger partial charge in [-0.25, -0.2) is 0 Å². The zero-order valence-electron chi connectivity index (χ0n) is 36.6. The van der Waals surface area contributed by atoms with E-state index in [0.29, 0.717) is 0 Å². The summed E-state index contributed by atoms with van der Waals surface area (Å²) in [5.41, 5.74) is 12.5. The molecule has 2 heterocycles. The number of hydrogen-bond donors (Lipinski definition) is 2. The largest absolute Gasteiger partial charge is 0.497 e. The first-order chi connectivity index (χ1) is 32.5. The van der Waals surface area contributed by atoms with Crippen LogP contribution in [0.25, 0.3) is 45.2 Å². The number of nitrogens with zero attached hydrogens (tertiary/aromatic N) is 2. The van der Waals surface area contributed by atoms with Crippen LogP contribution in [0.2, 0.25) is 0 Å². The number of anilines is 6. The molecular formula is C58H48N2O4S2. The van der Waals surface area contributed by atoms with Crippen molar-refractivity contribution in [3.8, 4) is 32.4 Å². The molecule has 0 amide bonds. The van der Waals surface area contributed by atoms with E-state index in [-0.39, 0.29) is 13.2 Å². The Morgan fingerprint density at radius 3 is 0.970 bits per heavy atom. The highest BCUT2D eigenvalue weighted by atomic mass is 32.1. The minimum atomic E-state index is -0.0000755. The van der Waals surface area contributed by atoms with Crippen LogP contribution in [0.15, 0.2) is 194 Å². The van der Waals surface area contributed by atoms with Gasteiger partial charge in [0.1, 0.15) is 11.5 Å². The van der Waals surface area contributed by atoms with Crippen molar-refractivity contribution in [1.29, 1.82) is 0 Å². The van der Waals surface area contributed by atoms with Gasteiger partial charge in [-0.05, 0) is 167 Å². The molecule has 0 atom stereocenters. The van der Waals surface area contributed by atoms with E-state index in [1.165, 1.54) is 25.1 Å². The van der Waals surface area contributed by atoms with Gasteiger partial charge in [-0.15, -0.1) is 22.7 Å². The summed E-state index contributed by atoms with van der Waals surface area (Å²) in [5.74, 6) is 1.63. The van der Waals surface area contributed by atoms with Gasteiger partial charge in [-0.3, -0.25) is 0 Å². The van der Waals surface area contributed by atoms with E-state index in [4.69, 9.17) is 9.47 Å². The fourth-order valence-corrected chi connectivity index (χ4v) is 9.51. The Balaban J connectivity index is 0.833. The van der Waals surface area contributed by atoms with Gasteiger partial charge < -0.3 is 29.5 Å². The third kappa shape index (κ3) is 10.2. The second-order valence-electron chi connectivity index (χ2n) is 15.5. The van der Waals surface area contributed by atoms with Gasteiger partial charge >= 0.3 is 0 Å². The fraction of sp³-hybridized carbons (Fsp3) is 0.0690. The van der Waals surface area contributed by atoms with Crippen molar-refractivity contribution in [3.05, 3.63) is 226 Å². The van der Waals surface area contributed by atoms with Crippen molar-refractivity contribution in [3.63, 3.8) is 0 Å². The van der Waals surface area contributed by atoms with E-state index in [0.717, 1.165) is 73.4 Å². The van der Waals surface area contributed by atoms with Crippen LogP contribution in [-0.2, 0) is 13.2 Å². The second kappa shape index (κ2) is 20.6. The molecule has 8 heteroatoms. The Morgan fingerprint density at radius 1 is 0.364 bits per heavy atom. The SMILES string of the molecule is COc1ccc(N(c2ccc(OC)cc2)c2ccc(-c3ccc(/C=C/c4ccc(/C=C/c5ccc(-c6ccc(N(c7ccc(CO)cc7)c7ccc(CO)cc7)cc6)s5)cc4)s3)cc2)cc1. The number of ether oxygens (including phenoxy) is 2. The van der Waals surface area contributed by atoms with Crippen molar-refractivity contribution >= 4 is 81.1 Å². The Hall–Kier alpha value is -7.46. The number of benzene rings is 7. The molecule has 9 rings (SSSR count). The predicted molar refractivity (Wildman–Crippen MR) is 278 cm³/mol. The summed E-state index contributed by atoms with van der Waals surface area (Å²) < 4.78 is 10.8. The quantitative estimate of drug-likeness (QED) is 0.101. The summed E-state index contributed by atoms with van der Waals surface area (Å²) in [7, 11) is 3.36. The van der Waals surface area contributed by atoms with Crippen LogP contribution in [0.4, 0.5) is 34.1 Å². The summed E-state index contributed by atoms with van der Waals surface area (Å²) in [6.07, 6.45) is 8.70. The van der Waals surface area contributed by atoms with Crippen LogP contribution in [0, 0.1) is 0 Å². The van der Waals surface area contributed by atoms with Gasteiger partial charge in [0.2, 0.25) is 0 Å². The molecule has 0 fully saturated rings. The van der Waals surface area contributed by atoms with E-state index >= 15 is 0 Å². The average molecular weight is 901 g/mol. The Labute approximate surface area is 394 Å². The molecular weight excluding hydrogens is 853 g/mol. The molecule has 66 heavy (non-hydrogen) atoms. The summed E-state index contributed by atoms with van der Waals surface area (Å²) in [5, 5.41) is 19.2. The van der Waals surface area contributed by atoms with Gasteiger partial charge in [-0.2, -0.15) is 0 Å². The van der Waals surface area contributed by atoms with Gasteiger partial charge in [0, 0.05) is 53.6 Å². The van der Waals surface area contributed by atoms with E-state index < -0.39 is 0 Å². The number of aliphatic hydroxyl groups excluding tert-OH is 2. The van der Waals surface area contributed by atoms with Crippen molar-refractivity contribution in [2.45, 2.75) is 13.2 Å². The smallest absolute Gasteiger partial charge is 0.119 e. The first-order valence-corrected chi connectivity index (χ1v) is 23.2. The molecule has 0 saturated carbocycles. The summed E-state index contributed by atoms with van der Waals surface area (Å²) >= 11 is 3.54. The summed E-state index contributed by atoms with van der Waals surface area (Å²) in [6, 6.07) is 66.7. The van der Waals surface area contributed by atoms with Gasteiger partial charge in [0.25, 0.3) is 0 Å². The third-order valence-electron chi connectivity index (χ3n) is 11.3. The first-order valence-electron chi connectivity index (χ1n) is 21.6. The molecule has 6 nitrogen and oxygen atoms in total. The maximum Gasteiger partial charge on any atom is 0.119 e. The first kappa shape index (κ1) is 43.8. The molecule has 0 spiro atoms. The lowest BCUT2D eigenvalue weighted by Crippen LogP contribution is -2.10. The van der Waals surface area contributed by atoms with E-state index in [9.17, 15) is 10.2 Å². The van der Waals surface area contributed by atoms with Crippen LogP contribution in [0.1, 0.15) is 32.0 Å². The number of aliphatic hydroxyl groups is 2. The van der Waals surface area contributed by atoms with Crippen LogP contribution in [0.5, 0.6) is 11.5 Å². The number of thiophene rings is 2. The standard InChI is InChI=1S/C58H48N2O4S2/c1-63-53-29-25-51(26-30-53)60(52-27-31-54(64-2)32-28-52)50-23-15-46(16-24-50)58-38-36-56(66-58)34-12-42-5-3-41(4-6-42)11-33-55-35-37-57(65-55)45-13-21-49(22-14-45)59(47-17-7-43(39-61)8-18-47)48-19-9-44(40-62)10-20-48/h3-38,61-62H,39-40H2,1-2H3/b33-11+,34-12+. The molecule has 2 aromatic heterocycles. The molecule has 0 radical (unpaired) electrons. The van der Waals surface area contributed by atoms with Gasteiger partial charge in [0.05, 0.1) is 27.4 Å². The van der Waals surface area contributed by atoms with Crippen molar-refractivity contribution < 1.29 is 19.7 Å². The van der Waals surface area contributed by atoms with Crippen molar-refractivity contribution in [1.82, 2.24) is 0 Å². The molecule has 7 aromatic carbocycles. The highest BCUT2D eigenvalue weighted by Crippen LogP contribution is 2.40. The summed E-state index contributed by atoms with van der Waals surface area (Å²) in [6.45, 7) is -0.000151. The van der Waals surface area contributed by atoms with Crippen molar-refractivity contribution in [2.24, 2.45) is 0 Å². The normalized spacial score (nSPS) is 11.3. The maximum atomic E-state index is 9.60. The van der Waals surface area contributed by atoms with Crippen molar-refractivity contribution in [2.75, 3.05) is 24.0 Å². The van der Waals surface area contributed by atoms with Crippen LogP contribution in [0.3, 0.4) is 0 Å². The van der Waals surface area contributed by atoms with Crippen LogP contribution >= 0.6 is 22.7 Å². The molecule has 9 aromatic rings. The third-order valence-corrected chi connectivity index (χ3v) is 13.5. The molecule has 0 aliphatic carbocycles.